The third-order valence-corrected chi connectivity index (χ3v) is 5.66. The number of ether oxygens (including phenoxy) is 1. The van der Waals surface area contributed by atoms with Crippen LogP contribution in [0.25, 0.3) is 0 Å². The zero-order chi connectivity index (χ0) is 19.4. The average Bonchev–Trinajstić information content (AvgIpc) is 2.61. The third-order valence-electron chi connectivity index (χ3n) is 4.27. The average molecular weight is 381 g/mol. The molecule has 140 valence electrons. The van der Waals surface area contributed by atoms with Crippen molar-refractivity contribution in [3.8, 4) is 5.75 Å². The summed E-state index contributed by atoms with van der Waals surface area (Å²) in [5, 5.41) is 0. The van der Waals surface area contributed by atoms with Crippen LogP contribution in [0, 0.1) is 27.7 Å². The number of rotatable bonds is 6. The molecule has 3 aromatic rings. The van der Waals surface area contributed by atoms with E-state index in [1.807, 2.05) is 51.1 Å². The van der Waals surface area contributed by atoms with Gasteiger partial charge in [0.15, 0.2) is 10.6 Å². The van der Waals surface area contributed by atoms with Crippen molar-refractivity contribution in [2.45, 2.75) is 39.2 Å². The zero-order valence-electron chi connectivity index (χ0n) is 16.1. The Bertz CT molecular complexity index is 903. The standard InChI is InChI=1S/C22H24N2O2S/c1-15-7-9-19(10-8-15)14-26-20-6-5-11-23-22(20)24-27(25)21-17(3)12-16(2)13-18(21)4/h5-13H,14H2,1-4H3,(H,23,24). The van der Waals surface area contributed by atoms with Gasteiger partial charge in [-0.2, -0.15) is 4.72 Å². The van der Waals surface area contributed by atoms with Gasteiger partial charge in [-0.05, 0) is 45.4 Å². The quantitative estimate of drug-likeness (QED) is 0.610. The summed E-state index contributed by atoms with van der Waals surface area (Å²) in [7, 11) is 0. The smallest absolute Gasteiger partial charge is 0.213 e. The largest absolute Gasteiger partial charge is 0.588 e. The molecule has 0 aliphatic heterocycles. The first kappa shape index (κ1) is 19.3. The summed E-state index contributed by atoms with van der Waals surface area (Å²) in [4.78, 5) is 5.11. The predicted octanol–water partition coefficient (Wildman–Crippen LogP) is 5.03. The summed E-state index contributed by atoms with van der Waals surface area (Å²) in [6.45, 7) is 8.47. The maximum Gasteiger partial charge on any atom is 0.213 e. The van der Waals surface area contributed by atoms with Crippen molar-refractivity contribution < 1.29 is 9.29 Å². The minimum atomic E-state index is -1.42. The normalized spacial score (nSPS) is 11.9. The minimum Gasteiger partial charge on any atom is -0.588 e. The summed E-state index contributed by atoms with van der Waals surface area (Å²) in [6.07, 6.45) is 1.66. The molecule has 4 nitrogen and oxygen atoms in total. The molecule has 0 aliphatic carbocycles. The zero-order valence-corrected chi connectivity index (χ0v) is 16.9. The maximum atomic E-state index is 12.9. The van der Waals surface area contributed by atoms with E-state index >= 15 is 0 Å². The van der Waals surface area contributed by atoms with E-state index in [0.717, 1.165) is 27.1 Å². The van der Waals surface area contributed by atoms with Crippen LogP contribution in [0.3, 0.4) is 0 Å². The third kappa shape index (κ3) is 4.81. The van der Waals surface area contributed by atoms with Gasteiger partial charge in [0.1, 0.15) is 18.0 Å². The highest BCUT2D eigenvalue weighted by atomic mass is 32.2. The van der Waals surface area contributed by atoms with E-state index in [4.69, 9.17) is 4.74 Å². The molecule has 0 saturated heterocycles. The van der Waals surface area contributed by atoms with Crippen molar-refractivity contribution in [2.75, 3.05) is 4.72 Å². The van der Waals surface area contributed by atoms with Gasteiger partial charge in [-0.25, -0.2) is 4.98 Å². The van der Waals surface area contributed by atoms with Crippen molar-refractivity contribution in [1.29, 1.82) is 0 Å². The van der Waals surface area contributed by atoms with Gasteiger partial charge >= 0.3 is 0 Å². The Morgan fingerprint density at radius 2 is 1.63 bits per heavy atom. The first-order valence-corrected chi connectivity index (χ1v) is 9.98. The fraction of sp³-hybridized carbons (Fsp3) is 0.227. The van der Waals surface area contributed by atoms with E-state index in [2.05, 4.69) is 28.8 Å². The lowest BCUT2D eigenvalue weighted by Gasteiger charge is -2.17. The molecule has 2 aromatic carbocycles. The van der Waals surface area contributed by atoms with Crippen LogP contribution >= 0.6 is 0 Å². The van der Waals surface area contributed by atoms with Crippen molar-refractivity contribution in [3.63, 3.8) is 0 Å². The lowest BCUT2D eigenvalue weighted by Crippen LogP contribution is -2.17. The molecule has 27 heavy (non-hydrogen) atoms. The molecular formula is C22H24N2O2S. The Labute approximate surface area is 163 Å². The van der Waals surface area contributed by atoms with Gasteiger partial charge in [0.25, 0.3) is 0 Å². The number of nitrogens with zero attached hydrogens (tertiary/aromatic N) is 1. The second kappa shape index (κ2) is 8.46. The van der Waals surface area contributed by atoms with E-state index in [-0.39, 0.29) is 0 Å². The molecule has 0 saturated carbocycles. The van der Waals surface area contributed by atoms with E-state index < -0.39 is 11.4 Å². The molecule has 0 fully saturated rings. The predicted molar refractivity (Wildman–Crippen MR) is 110 cm³/mol. The molecule has 0 bridgehead atoms. The summed E-state index contributed by atoms with van der Waals surface area (Å²) in [5.41, 5.74) is 5.43. The van der Waals surface area contributed by atoms with Gasteiger partial charge in [0.2, 0.25) is 5.82 Å². The number of nitrogens with one attached hydrogen (secondary N) is 1. The number of anilines is 1. The number of pyridine rings is 1. The second-order valence-electron chi connectivity index (χ2n) is 6.72. The Hall–Kier alpha value is -2.50. The van der Waals surface area contributed by atoms with Gasteiger partial charge in [0, 0.05) is 17.3 Å². The molecule has 1 heterocycles. The van der Waals surface area contributed by atoms with Crippen LogP contribution in [-0.2, 0) is 18.0 Å². The van der Waals surface area contributed by atoms with Crippen LogP contribution < -0.4 is 9.46 Å². The van der Waals surface area contributed by atoms with Gasteiger partial charge in [-0.1, -0.05) is 47.5 Å². The van der Waals surface area contributed by atoms with Crippen LogP contribution in [0.4, 0.5) is 5.82 Å². The molecule has 3 rings (SSSR count). The topological polar surface area (TPSA) is 57.2 Å². The van der Waals surface area contributed by atoms with E-state index in [1.165, 1.54) is 5.56 Å². The molecule has 5 heteroatoms. The molecular weight excluding hydrogens is 356 g/mol. The van der Waals surface area contributed by atoms with E-state index in [0.29, 0.717) is 18.2 Å². The summed E-state index contributed by atoms with van der Waals surface area (Å²) in [5.74, 6) is 1.05. The SMILES string of the molecule is Cc1ccc(COc2cccnc2N[S+]([O-])c2c(C)cc(C)cc2C)cc1. The molecule has 0 radical (unpaired) electrons. The lowest BCUT2D eigenvalue weighted by molar-refractivity contribution is 0.307. The molecule has 0 aliphatic rings. The molecule has 1 unspecified atom stereocenters. The molecule has 1 atom stereocenters. The number of aryl methyl sites for hydroxylation is 4. The van der Waals surface area contributed by atoms with Crippen molar-refractivity contribution in [1.82, 2.24) is 4.98 Å². The van der Waals surface area contributed by atoms with Crippen LogP contribution in [0.2, 0.25) is 0 Å². The number of hydrogen-bond donors (Lipinski definition) is 1. The number of hydrogen-bond acceptors (Lipinski definition) is 4. The van der Waals surface area contributed by atoms with Gasteiger partial charge in [-0.15, -0.1) is 0 Å². The highest BCUT2D eigenvalue weighted by Crippen LogP contribution is 2.28. The highest BCUT2D eigenvalue weighted by Gasteiger charge is 2.21. The summed E-state index contributed by atoms with van der Waals surface area (Å²) >= 11 is -1.42. The van der Waals surface area contributed by atoms with Crippen LogP contribution in [0.5, 0.6) is 5.75 Å². The van der Waals surface area contributed by atoms with Crippen molar-refractivity contribution in [3.05, 3.63) is 82.5 Å². The van der Waals surface area contributed by atoms with Crippen LogP contribution in [-0.4, -0.2) is 9.54 Å². The molecule has 0 amide bonds. The van der Waals surface area contributed by atoms with Gasteiger partial charge in [-0.3, -0.25) is 0 Å². The molecule has 0 spiro atoms. The lowest BCUT2D eigenvalue weighted by atomic mass is 10.1. The monoisotopic (exact) mass is 380 g/mol. The first-order valence-electron chi connectivity index (χ1n) is 8.83. The van der Waals surface area contributed by atoms with Crippen molar-refractivity contribution in [2.24, 2.45) is 0 Å². The Morgan fingerprint density at radius 1 is 0.963 bits per heavy atom. The fourth-order valence-corrected chi connectivity index (χ4v) is 4.16. The van der Waals surface area contributed by atoms with Crippen LogP contribution in [0.15, 0.2) is 59.6 Å². The molecule has 1 N–H and O–H groups in total. The first-order chi connectivity index (χ1) is 12.9. The summed E-state index contributed by atoms with van der Waals surface area (Å²) in [6, 6.07) is 15.9. The Kier molecular flexibility index (Phi) is 6.04. The van der Waals surface area contributed by atoms with Gasteiger partial charge in [0.05, 0.1) is 0 Å². The van der Waals surface area contributed by atoms with Gasteiger partial charge < -0.3 is 9.29 Å². The van der Waals surface area contributed by atoms with E-state index in [9.17, 15) is 4.55 Å². The van der Waals surface area contributed by atoms with Crippen LogP contribution in [0.1, 0.15) is 27.8 Å². The number of benzene rings is 2. The molecule has 1 aromatic heterocycles. The number of aromatic nitrogens is 1. The minimum absolute atomic E-state index is 0.426. The Morgan fingerprint density at radius 3 is 2.30 bits per heavy atom. The Balaban J connectivity index is 1.77. The van der Waals surface area contributed by atoms with Crippen molar-refractivity contribution >= 4 is 17.2 Å². The van der Waals surface area contributed by atoms with E-state index in [1.54, 1.807) is 12.3 Å². The highest BCUT2D eigenvalue weighted by molar-refractivity contribution is 7.92. The maximum absolute atomic E-state index is 12.9. The second-order valence-corrected chi connectivity index (χ2v) is 7.87. The summed E-state index contributed by atoms with van der Waals surface area (Å²) < 4.78 is 21.9. The fourth-order valence-electron chi connectivity index (χ4n) is 3.03.